The number of fused-ring (bicyclic) bond motifs is 1. The number of benzene rings is 1. The molecule has 4 heteroatoms. The molecule has 1 aliphatic heterocycles. The van der Waals surface area contributed by atoms with Crippen LogP contribution in [0.1, 0.15) is 22.5 Å². The van der Waals surface area contributed by atoms with Crippen LogP contribution in [0.3, 0.4) is 0 Å². The van der Waals surface area contributed by atoms with Gasteiger partial charge in [0.05, 0.1) is 4.88 Å². The Balaban J connectivity index is 1.77. The highest BCUT2D eigenvalue weighted by Crippen LogP contribution is 2.27. The average Bonchev–Trinajstić information content (AvgIpc) is 2.90. The molecule has 20 heavy (non-hydrogen) atoms. The smallest absolute Gasteiger partial charge is 0.263 e. The maximum absolute atomic E-state index is 12.6. The van der Waals surface area contributed by atoms with Crippen molar-refractivity contribution in [2.75, 3.05) is 27.2 Å². The Kier molecular flexibility index (Phi) is 3.76. The predicted octanol–water partition coefficient (Wildman–Crippen LogP) is 3.07. The van der Waals surface area contributed by atoms with E-state index in [0.717, 1.165) is 36.2 Å². The summed E-state index contributed by atoms with van der Waals surface area (Å²) >= 11 is 1.60. The van der Waals surface area contributed by atoms with Gasteiger partial charge >= 0.3 is 0 Å². The lowest BCUT2D eigenvalue weighted by Gasteiger charge is -2.34. The standard InChI is InChI=1S/C16H20N2OS/c1-17-9-7-13(8-10-17)18(2)16(19)15-11-12-5-3-4-6-14(12)20-15/h3-6,11,13H,7-10H2,1-2H3. The Morgan fingerprint density at radius 2 is 2.00 bits per heavy atom. The van der Waals surface area contributed by atoms with Gasteiger partial charge in [-0.3, -0.25) is 4.79 Å². The molecule has 106 valence electrons. The van der Waals surface area contributed by atoms with E-state index in [2.05, 4.69) is 24.1 Å². The summed E-state index contributed by atoms with van der Waals surface area (Å²) in [4.78, 5) is 17.7. The normalized spacial score (nSPS) is 17.5. The minimum atomic E-state index is 0.167. The maximum atomic E-state index is 12.6. The first-order valence-corrected chi connectivity index (χ1v) is 7.91. The third-order valence-electron chi connectivity index (χ3n) is 4.19. The van der Waals surface area contributed by atoms with Gasteiger partial charge in [0, 0.05) is 17.8 Å². The lowest BCUT2D eigenvalue weighted by Crippen LogP contribution is -2.44. The summed E-state index contributed by atoms with van der Waals surface area (Å²) < 4.78 is 1.19. The van der Waals surface area contributed by atoms with Crippen LogP contribution in [0.15, 0.2) is 30.3 Å². The van der Waals surface area contributed by atoms with E-state index in [9.17, 15) is 4.79 Å². The van der Waals surface area contributed by atoms with Crippen molar-refractivity contribution in [2.45, 2.75) is 18.9 Å². The summed E-state index contributed by atoms with van der Waals surface area (Å²) in [5.41, 5.74) is 0. The number of carbonyl (C=O) groups excluding carboxylic acids is 1. The number of rotatable bonds is 2. The molecule has 0 spiro atoms. The molecule has 1 saturated heterocycles. The van der Waals surface area contributed by atoms with E-state index in [1.165, 1.54) is 4.70 Å². The third-order valence-corrected chi connectivity index (χ3v) is 5.30. The van der Waals surface area contributed by atoms with Crippen molar-refractivity contribution in [2.24, 2.45) is 0 Å². The molecule has 2 aromatic rings. The van der Waals surface area contributed by atoms with Gasteiger partial charge in [0.1, 0.15) is 0 Å². The Morgan fingerprint density at radius 1 is 1.30 bits per heavy atom. The Hall–Kier alpha value is -1.39. The molecule has 1 aliphatic rings. The topological polar surface area (TPSA) is 23.6 Å². The summed E-state index contributed by atoms with van der Waals surface area (Å²) in [5.74, 6) is 0.167. The number of amides is 1. The molecule has 1 aromatic carbocycles. The number of thiophene rings is 1. The van der Waals surface area contributed by atoms with Crippen LogP contribution in [-0.4, -0.2) is 48.9 Å². The molecule has 3 rings (SSSR count). The van der Waals surface area contributed by atoms with Crippen LogP contribution in [0.2, 0.25) is 0 Å². The number of nitrogens with zero attached hydrogens (tertiary/aromatic N) is 2. The van der Waals surface area contributed by atoms with Crippen molar-refractivity contribution in [1.29, 1.82) is 0 Å². The van der Waals surface area contributed by atoms with E-state index < -0.39 is 0 Å². The summed E-state index contributed by atoms with van der Waals surface area (Å²) in [5, 5.41) is 1.16. The summed E-state index contributed by atoms with van der Waals surface area (Å²) in [6, 6.07) is 10.6. The van der Waals surface area contributed by atoms with Crippen molar-refractivity contribution in [3.63, 3.8) is 0 Å². The van der Waals surface area contributed by atoms with E-state index in [0.29, 0.717) is 6.04 Å². The summed E-state index contributed by atoms with van der Waals surface area (Å²) in [7, 11) is 4.09. The van der Waals surface area contributed by atoms with E-state index in [1.54, 1.807) is 11.3 Å². The van der Waals surface area contributed by atoms with E-state index in [4.69, 9.17) is 0 Å². The van der Waals surface area contributed by atoms with Crippen molar-refractivity contribution in [1.82, 2.24) is 9.80 Å². The zero-order valence-corrected chi connectivity index (χ0v) is 12.8. The third kappa shape index (κ3) is 2.58. The van der Waals surface area contributed by atoms with Crippen LogP contribution in [0.4, 0.5) is 0 Å². The van der Waals surface area contributed by atoms with Crippen molar-refractivity contribution >= 4 is 27.3 Å². The van der Waals surface area contributed by atoms with Crippen molar-refractivity contribution in [3.8, 4) is 0 Å². The van der Waals surface area contributed by atoms with Gasteiger partial charge in [-0.15, -0.1) is 11.3 Å². The molecular formula is C16H20N2OS. The van der Waals surface area contributed by atoms with Crippen LogP contribution < -0.4 is 0 Å². The molecule has 0 bridgehead atoms. The van der Waals surface area contributed by atoms with Crippen LogP contribution in [-0.2, 0) is 0 Å². The van der Waals surface area contributed by atoms with Gasteiger partial charge in [-0.05, 0) is 50.5 Å². The van der Waals surface area contributed by atoms with Crippen molar-refractivity contribution in [3.05, 3.63) is 35.2 Å². The first kappa shape index (κ1) is 13.6. The minimum Gasteiger partial charge on any atom is -0.338 e. The highest BCUT2D eigenvalue weighted by Gasteiger charge is 2.25. The molecule has 0 N–H and O–H groups in total. The molecule has 0 aliphatic carbocycles. The van der Waals surface area contributed by atoms with Gasteiger partial charge in [0.2, 0.25) is 0 Å². The summed E-state index contributed by atoms with van der Waals surface area (Å²) in [6.45, 7) is 2.16. The first-order valence-electron chi connectivity index (χ1n) is 7.09. The molecule has 1 amide bonds. The van der Waals surface area contributed by atoms with Crippen molar-refractivity contribution < 1.29 is 4.79 Å². The maximum Gasteiger partial charge on any atom is 0.263 e. The lowest BCUT2D eigenvalue weighted by atomic mass is 10.0. The van der Waals surface area contributed by atoms with Gasteiger partial charge in [0.15, 0.2) is 0 Å². The SMILES string of the molecule is CN1CCC(N(C)C(=O)c2cc3ccccc3s2)CC1. The second-order valence-electron chi connectivity index (χ2n) is 5.60. The van der Waals surface area contributed by atoms with Crippen LogP contribution >= 0.6 is 11.3 Å². The van der Waals surface area contributed by atoms with Gasteiger partial charge in [-0.2, -0.15) is 0 Å². The molecule has 0 radical (unpaired) electrons. The first-order chi connectivity index (χ1) is 9.65. The van der Waals surface area contributed by atoms with E-state index >= 15 is 0 Å². The van der Waals surface area contributed by atoms with Gasteiger partial charge in [-0.25, -0.2) is 0 Å². The molecular weight excluding hydrogens is 268 g/mol. The van der Waals surface area contributed by atoms with Gasteiger partial charge in [-0.1, -0.05) is 18.2 Å². The number of likely N-dealkylation sites (tertiary alicyclic amines) is 1. The second kappa shape index (κ2) is 5.54. The Morgan fingerprint density at radius 3 is 2.70 bits per heavy atom. The number of carbonyl (C=O) groups is 1. The Labute approximate surface area is 123 Å². The summed E-state index contributed by atoms with van der Waals surface area (Å²) in [6.07, 6.45) is 2.15. The van der Waals surface area contributed by atoms with Crippen LogP contribution in [0.25, 0.3) is 10.1 Å². The molecule has 3 nitrogen and oxygen atoms in total. The second-order valence-corrected chi connectivity index (χ2v) is 6.68. The fourth-order valence-corrected chi connectivity index (χ4v) is 3.85. The number of hydrogen-bond acceptors (Lipinski definition) is 3. The molecule has 0 unspecified atom stereocenters. The number of piperidine rings is 1. The molecule has 1 fully saturated rings. The highest BCUT2D eigenvalue weighted by atomic mass is 32.1. The zero-order chi connectivity index (χ0) is 14.1. The number of hydrogen-bond donors (Lipinski definition) is 0. The largest absolute Gasteiger partial charge is 0.338 e. The van der Waals surface area contributed by atoms with E-state index in [1.807, 2.05) is 30.1 Å². The molecule has 0 atom stereocenters. The lowest BCUT2D eigenvalue weighted by molar-refractivity contribution is 0.0664. The zero-order valence-electron chi connectivity index (χ0n) is 12.0. The fourth-order valence-electron chi connectivity index (χ4n) is 2.81. The van der Waals surface area contributed by atoms with Crippen LogP contribution in [0.5, 0.6) is 0 Å². The molecule has 1 aromatic heterocycles. The highest BCUT2D eigenvalue weighted by molar-refractivity contribution is 7.20. The molecule has 2 heterocycles. The van der Waals surface area contributed by atoms with Gasteiger partial charge in [0.25, 0.3) is 5.91 Å². The predicted molar refractivity (Wildman–Crippen MR) is 84.4 cm³/mol. The van der Waals surface area contributed by atoms with Crippen LogP contribution in [0, 0.1) is 0 Å². The quantitative estimate of drug-likeness (QED) is 0.848. The van der Waals surface area contributed by atoms with Gasteiger partial charge < -0.3 is 9.80 Å². The molecule has 0 saturated carbocycles. The minimum absolute atomic E-state index is 0.167. The van der Waals surface area contributed by atoms with E-state index in [-0.39, 0.29) is 5.91 Å². The monoisotopic (exact) mass is 288 g/mol. The fraction of sp³-hybridized carbons (Fsp3) is 0.438. The average molecular weight is 288 g/mol. The Bertz CT molecular complexity index is 581.